The molecule has 2 aliphatic rings. The molecule has 1 aromatic heterocycles. The maximum atomic E-state index is 12.4. The highest BCUT2D eigenvalue weighted by Gasteiger charge is 2.28. The van der Waals surface area contributed by atoms with Gasteiger partial charge in [-0.15, -0.1) is 11.3 Å². The number of amides is 2. The Balaban J connectivity index is 1.49. The summed E-state index contributed by atoms with van der Waals surface area (Å²) in [6.45, 7) is 3.05. The van der Waals surface area contributed by atoms with Crippen LogP contribution in [0.5, 0.6) is 0 Å². The van der Waals surface area contributed by atoms with Crippen molar-refractivity contribution in [1.29, 1.82) is 0 Å². The summed E-state index contributed by atoms with van der Waals surface area (Å²) in [6, 6.07) is 3.06. The molecule has 1 N–H and O–H groups in total. The Hall–Kier alpha value is -1.89. The number of carboxylic acid groups (broad SMARTS) is 1. The largest absolute Gasteiger partial charge is 0.477 e. The first kappa shape index (κ1) is 17.0. The average Bonchev–Trinajstić information content (AvgIpc) is 3.26. The number of nitrogens with zero attached hydrogens (tertiary/aromatic N) is 2. The molecule has 6 nitrogen and oxygen atoms in total. The predicted octanol–water partition coefficient (Wildman–Crippen LogP) is 2.31. The Bertz CT molecular complexity index is 628. The van der Waals surface area contributed by atoms with E-state index in [9.17, 15) is 14.4 Å². The Labute approximate surface area is 145 Å². The van der Waals surface area contributed by atoms with Crippen LogP contribution in [0.2, 0.25) is 0 Å². The first-order valence-corrected chi connectivity index (χ1v) is 9.26. The summed E-state index contributed by atoms with van der Waals surface area (Å²) in [7, 11) is 0. The van der Waals surface area contributed by atoms with Crippen molar-refractivity contribution in [2.75, 3.05) is 26.2 Å². The van der Waals surface area contributed by atoms with Crippen LogP contribution in [-0.2, 0) is 4.79 Å². The van der Waals surface area contributed by atoms with Crippen LogP contribution < -0.4 is 0 Å². The van der Waals surface area contributed by atoms with Crippen molar-refractivity contribution < 1.29 is 19.5 Å². The van der Waals surface area contributed by atoms with Crippen LogP contribution in [0.1, 0.15) is 51.4 Å². The van der Waals surface area contributed by atoms with E-state index in [-0.39, 0.29) is 16.7 Å². The minimum Gasteiger partial charge on any atom is -0.477 e. The predicted molar refractivity (Wildman–Crippen MR) is 90.3 cm³/mol. The third-order valence-corrected chi connectivity index (χ3v) is 5.91. The Morgan fingerprint density at radius 1 is 1.00 bits per heavy atom. The number of hydrogen-bond donors (Lipinski definition) is 1. The Morgan fingerprint density at radius 3 is 2.21 bits per heavy atom. The maximum absolute atomic E-state index is 12.4. The summed E-state index contributed by atoms with van der Waals surface area (Å²) in [4.78, 5) is 40.0. The molecule has 0 spiro atoms. The number of rotatable bonds is 4. The van der Waals surface area contributed by atoms with Gasteiger partial charge in [-0.2, -0.15) is 0 Å². The fraction of sp³-hybridized carbons (Fsp3) is 0.588. The van der Waals surface area contributed by atoms with Gasteiger partial charge in [-0.05, 0) is 43.7 Å². The van der Waals surface area contributed by atoms with Gasteiger partial charge in [-0.1, -0.05) is 0 Å². The summed E-state index contributed by atoms with van der Waals surface area (Å²) in [5, 5.41) is 8.95. The third-order valence-electron chi connectivity index (χ3n) is 4.85. The van der Waals surface area contributed by atoms with Crippen LogP contribution in [0, 0.1) is 5.92 Å². The molecule has 0 aliphatic carbocycles. The van der Waals surface area contributed by atoms with Crippen LogP contribution in [0.3, 0.4) is 0 Å². The quantitative estimate of drug-likeness (QED) is 0.904. The number of hydrogen-bond acceptors (Lipinski definition) is 4. The van der Waals surface area contributed by atoms with Crippen molar-refractivity contribution in [3.05, 3.63) is 21.9 Å². The molecule has 0 aromatic carbocycles. The van der Waals surface area contributed by atoms with Crippen LogP contribution in [0.4, 0.5) is 0 Å². The lowest BCUT2D eigenvalue weighted by atomic mass is 9.93. The van der Waals surface area contributed by atoms with Gasteiger partial charge in [-0.3, -0.25) is 9.59 Å². The van der Waals surface area contributed by atoms with Gasteiger partial charge in [0.1, 0.15) is 4.88 Å². The number of likely N-dealkylation sites (tertiary alicyclic amines) is 2. The standard InChI is InChI=1S/C17H22N2O4S/c20-15(18-7-1-2-8-18)11-12-5-9-19(10-6-12)16(21)13-3-4-14(24-13)17(22)23/h3-4,12H,1-2,5-11H2,(H,22,23). The van der Waals surface area contributed by atoms with E-state index in [4.69, 9.17) is 5.11 Å². The fourth-order valence-corrected chi connectivity index (χ4v) is 4.22. The van der Waals surface area contributed by atoms with Gasteiger partial charge in [0.2, 0.25) is 5.91 Å². The molecule has 24 heavy (non-hydrogen) atoms. The van der Waals surface area contributed by atoms with Crippen molar-refractivity contribution in [1.82, 2.24) is 9.80 Å². The minimum absolute atomic E-state index is 0.100. The molecule has 0 unspecified atom stereocenters. The van der Waals surface area contributed by atoms with E-state index in [1.807, 2.05) is 4.90 Å². The summed E-state index contributed by atoms with van der Waals surface area (Å²) in [5.74, 6) is -0.503. The van der Waals surface area contributed by atoms with E-state index in [1.165, 1.54) is 6.07 Å². The first-order chi connectivity index (χ1) is 11.5. The molecule has 1 aromatic rings. The minimum atomic E-state index is -1.00. The molecule has 2 fully saturated rings. The van der Waals surface area contributed by atoms with Crippen molar-refractivity contribution >= 4 is 29.1 Å². The number of aromatic carboxylic acids is 1. The van der Waals surface area contributed by atoms with Gasteiger partial charge in [0.15, 0.2) is 0 Å². The molecule has 2 saturated heterocycles. The SMILES string of the molecule is O=C(O)c1ccc(C(=O)N2CCC(CC(=O)N3CCCC3)CC2)s1. The molecule has 130 valence electrons. The number of carboxylic acids is 1. The topological polar surface area (TPSA) is 77.9 Å². The van der Waals surface area contributed by atoms with Gasteiger partial charge >= 0.3 is 5.97 Å². The van der Waals surface area contributed by atoms with E-state index in [0.29, 0.717) is 30.3 Å². The second kappa shape index (κ2) is 7.34. The highest BCUT2D eigenvalue weighted by Crippen LogP contribution is 2.25. The van der Waals surface area contributed by atoms with Crippen molar-refractivity contribution in [2.45, 2.75) is 32.1 Å². The molecule has 2 aliphatic heterocycles. The van der Waals surface area contributed by atoms with Gasteiger partial charge in [0.05, 0.1) is 4.88 Å². The number of carbonyl (C=O) groups excluding carboxylic acids is 2. The molecule has 0 atom stereocenters. The average molecular weight is 350 g/mol. The molecule has 0 bridgehead atoms. The van der Waals surface area contributed by atoms with Gasteiger partial charge in [0, 0.05) is 32.6 Å². The molecular weight excluding hydrogens is 328 g/mol. The Morgan fingerprint density at radius 2 is 1.62 bits per heavy atom. The highest BCUT2D eigenvalue weighted by atomic mass is 32.1. The van der Waals surface area contributed by atoms with Gasteiger partial charge < -0.3 is 14.9 Å². The zero-order chi connectivity index (χ0) is 17.1. The van der Waals surface area contributed by atoms with E-state index in [0.717, 1.165) is 50.1 Å². The van der Waals surface area contributed by atoms with Crippen LogP contribution >= 0.6 is 11.3 Å². The molecule has 0 saturated carbocycles. The molecule has 3 heterocycles. The van der Waals surface area contributed by atoms with E-state index in [2.05, 4.69) is 0 Å². The fourth-order valence-electron chi connectivity index (χ4n) is 3.41. The summed E-state index contributed by atoms with van der Waals surface area (Å²) >= 11 is 1.02. The van der Waals surface area contributed by atoms with Gasteiger partial charge in [-0.25, -0.2) is 4.79 Å². The normalized spacial score (nSPS) is 18.8. The molecule has 3 rings (SSSR count). The molecule has 0 radical (unpaired) electrons. The highest BCUT2D eigenvalue weighted by molar-refractivity contribution is 7.15. The summed E-state index contributed by atoms with van der Waals surface area (Å²) in [5.41, 5.74) is 0. The van der Waals surface area contributed by atoms with Crippen LogP contribution in [-0.4, -0.2) is 58.9 Å². The Kier molecular flexibility index (Phi) is 5.18. The zero-order valence-corrected chi connectivity index (χ0v) is 14.4. The van der Waals surface area contributed by atoms with Crippen LogP contribution in [0.25, 0.3) is 0 Å². The monoisotopic (exact) mass is 350 g/mol. The van der Waals surface area contributed by atoms with E-state index in [1.54, 1.807) is 11.0 Å². The van der Waals surface area contributed by atoms with Gasteiger partial charge in [0.25, 0.3) is 5.91 Å². The molecular formula is C17H22N2O4S. The second-order valence-electron chi connectivity index (χ2n) is 6.50. The number of carbonyl (C=O) groups is 3. The lowest BCUT2D eigenvalue weighted by molar-refractivity contribution is -0.131. The lowest BCUT2D eigenvalue weighted by Gasteiger charge is -2.32. The maximum Gasteiger partial charge on any atom is 0.345 e. The zero-order valence-electron chi connectivity index (χ0n) is 13.6. The second-order valence-corrected chi connectivity index (χ2v) is 7.58. The first-order valence-electron chi connectivity index (χ1n) is 8.45. The third kappa shape index (κ3) is 3.77. The summed E-state index contributed by atoms with van der Waals surface area (Å²) < 4.78 is 0. The number of piperidine rings is 1. The molecule has 7 heteroatoms. The van der Waals surface area contributed by atoms with Crippen molar-refractivity contribution in [3.8, 4) is 0 Å². The van der Waals surface area contributed by atoms with Crippen molar-refractivity contribution in [3.63, 3.8) is 0 Å². The number of thiophene rings is 1. The molecule has 2 amide bonds. The van der Waals surface area contributed by atoms with Crippen molar-refractivity contribution in [2.24, 2.45) is 5.92 Å². The smallest absolute Gasteiger partial charge is 0.345 e. The summed E-state index contributed by atoms with van der Waals surface area (Å²) in [6.07, 6.45) is 4.48. The van der Waals surface area contributed by atoms with Crippen LogP contribution in [0.15, 0.2) is 12.1 Å². The van der Waals surface area contributed by atoms with E-state index < -0.39 is 5.97 Å². The lowest BCUT2D eigenvalue weighted by Crippen LogP contribution is -2.39. The van der Waals surface area contributed by atoms with E-state index >= 15 is 0 Å².